The molecule has 0 atom stereocenters. The summed E-state index contributed by atoms with van der Waals surface area (Å²) in [4.78, 5) is 26.1. The zero-order valence-corrected chi connectivity index (χ0v) is 15.2. The van der Waals surface area contributed by atoms with Crippen molar-refractivity contribution in [1.82, 2.24) is 4.90 Å². The number of ether oxygens (including phenoxy) is 1. The summed E-state index contributed by atoms with van der Waals surface area (Å²) in [5, 5.41) is -0.210. The van der Waals surface area contributed by atoms with Crippen LogP contribution in [0.4, 0.5) is 4.79 Å². The molecule has 2 rings (SSSR count). The van der Waals surface area contributed by atoms with Gasteiger partial charge < -0.3 is 4.74 Å². The Labute approximate surface area is 143 Å². The Morgan fingerprint density at radius 2 is 2.09 bits per heavy atom. The Hall–Kier alpha value is -1.27. The van der Waals surface area contributed by atoms with E-state index in [-0.39, 0.29) is 17.1 Å². The number of carbonyl (C=O) groups excluding carboxylic acids is 2. The minimum absolute atomic E-state index is 0.210. The molecule has 118 valence electrons. The molecular weight excluding hydrogens is 366 g/mol. The highest BCUT2D eigenvalue weighted by atomic mass is 79.9. The van der Waals surface area contributed by atoms with Crippen molar-refractivity contribution in [3.63, 3.8) is 0 Å². The lowest BCUT2D eigenvalue weighted by atomic mass is 10.1. The molecule has 0 spiro atoms. The van der Waals surface area contributed by atoms with Crippen molar-refractivity contribution < 1.29 is 14.3 Å². The van der Waals surface area contributed by atoms with E-state index in [1.54, 1.807) is 6.08 Å². The standard InChI is InChI=1S/C16H18BrNO3S/c1-4-21-13-6-5-12(17)7-11(13)8-14-15(19)18(9-10(2)3)16(20)22-14/h5-8,10H,4,9H2,1-3H3/b14-8+. The first kappa shape index (κ1) is 17.1. The first-order valence-electron chi connectivity index (χ1n) is 7.10. The van der Waals surface area contributed by atoms with Crippen molar-refractivity contribution in [1.29, 1.82) is 0 Å². The van der Waals surface area contributed by atoms with E-state index in [0.717, 1.165) is 21.8 Å². The maximum Gasteiger partial charge on any atom is 0.293 e. The smallest absolute Gasteiger partial charge is 0.293 e. The minimum atomic E-state index is -0.230. The average molecular weight is 384 g/mol. The van der Waals surface area contributed by atoms with Gasteiger partial charge in [0.05, 0.1) is 11.5 Å². The largest absolute Gasteiger partial charge is 0.493 e. The SMILES string of the molecule is CCOc1ccc(Br)cc1/C=C1/SC(=O)N(CC(C)C)C1=O. The van der Waals surface area contributed by atoms with E-state index in [1.165, 1.54) is 4.90 Å². The van der Waals surface area contributed by atoms with Gasteiger partial charge >= 0.3 is 0 Å². The lowest BCUT2D eigenvalue weighted by molar-refractivity contribution is -0.123. The Bertz CT molecular complexity index is 628. The van der Waals surface area contributed by atoms with E-state index in [1.807, 2.05) is 39.0 Å². The van der Waals surface area contributed by atoms with Crippen LogP contribution in [0.5, 0.6) is 5.75 Å². The Morgan fingerprint density at radius 3 is 2.73 bits per heavy atom. The molecule has 22 heavy (non-hydrogen) atoms. The molecule has 1 aromatic rings. The van der Waals surface area contributed by atoms with Crippen LogP contribution in [0.1, 0.15) is 26.3 Å². The summed E-state index contributed by atoms with van der Waals surface area (Å²) >= 11 is 4.39. The second kappa shape index (κ2) is 7.33. The van der Waals surface area contributed by atoms with Crippen molar-refractivity contribution in [3.05, 3.63) is 33.1 Å². The Balaban J connectivity index is 2.32. The van der Waals surface area contributed by atoms with Gasteiger partial charge in [-0.15, -0.1) is 0 Å². The number of benzene rings is 1. The molecule has 2 amide bonds. The van der Waals surface area contributed by atoms with Crippen molar-refractivity contribution in [2.45, 2.75) is 20.8 Å². The highest BCUT2D eigenvalue weighted by Gasteiger charge is 2.35. The van der Waals surface area contributed by atoms with E-state index >= 15 is 0 Å². The fourth-order valence-electron chi connectivity index (χ4n) is 2.08. The minimum Gasteiger partial charge on any atom is -0.493 e. The van der Waals surface area contributed by atoms with Crippen molar-refractivity contribution in [3.8, 4) is 5.75 Å². The van der Waals surface area contributed by atoms with Gasteiger partial charge in [0.2, 0.25) is 0 Å². The third-order valence-corrected chi connectivity index (χ3v) is 4.38. The van der Waals surface area contributed by atoms with E-state index in [0.29, 0.717) is 23.8 Å². The summed E-state index contributed by atoms with van der Waals surface area (Å²) in [5.74, 6) is 0.713. The molecule has 0 N–H and O–H groups in total. The summed E-state index contributed by atoms with van der Waals surface area (Å²) in [6, 6.07) is 5.60. The molecule has 0 bridgehead atoms. The number of imide groups is 1. The Kier molecular flexibility index (Phi) is 5.69. The lowest BCUT2D eigenvalue weighted by Crippen LogP contribution is -2.31. The van der Waals surface area contributed by atoms with Crippen LogP contribution >= 0.6 is 27.7 Å². The third kappa shape index (κ3) is 3.93. The van der Waals surface area contributed by atoms with Crippen molar-refractivity contribution in [2.24, 2.45) is 5.92 Å². The van der Waals surface area contributed by atoms with Gasteiger partial charge in [0.15, 0.2) is 0 Å². The predicted molar refractivity (Wildman–Crippen MR) is 92.8 cm³/mol. The van der Waals surface area contributed by atoms with Crippen LogP contribution < -0.4 is 4.74 Å². The van der Waals surface area contributed by atoms with Gasteiger partial charge in [0.1, 0.15) is 5.75 Å². The van der Waals surface area contributed by atoms with Gasteiger partial charge in [0, 0.05) is 16.6 Å². The first-order valence-corrected chi connectivity index (χ1v) is 8.71. The summed E-state index contributed by atoms with van der Waals surface area (Å²) in [5.41, 5.74) is 0.784. The third-order valence-electron chi connectivity index (χ3n) is 2.98. The highest BCUT2D eigenvalue weighted by molar-refractivity contribution is 9.10. The molecule has 1 fully saturated rings. The molecule has 1 aliphatic heterocycles. The maximum absolute atomic E-state index is 12.4. The Morgan fingerprint density at radius 1 is 1.36 bits per heavy atom. The number of thioether (sulfide) groups is 1. The lowest BCUT2D eigenvalue weighted by Gasteiger charge is -2.14. The molecule has 0 unspecified atom stereocenters. The molecular formula is C16H18BrNO3S. The quantitative estimate of drug-likeness (QED) is 0.700. The molecule has 1 aromatic carbocycles. The average Bonchev–Trinajstić information content (AvgIpc) is 2.69. The van der Waals surface area contributed by atoms with Gasteiger partial charge in [-0.1, -0.05) is 29.8 Å². The second-order valence-corrected chi connectivity index (χ2v) is 7.21. The molecule has 1 aliphatic rings. The second-order valence-electron chi connectivity index (χ2n) is 5.30. The van der Waals surface area contributed by atoms with Crippen LogP contribution in [0.2, 0.25) is 0 Å². The number of rotatable bonds is 5. The molecule has 0 aromatic heterocycles. The number of hydrogen-bond donors (Lipinski definition) is 0. The van der Waals surface area contributed by atoms with Crippen LogP contribution in [-0.2, 0) is 4.79 Å². The van der Waals surface area contributed by atoms with Gasteiger partial charge in [-0.05, 0) is 48.9 Å². The zero-order valence-electron chi connectivity index (χ0n) is 12.8. The van der Waals surface area contributed by atoms with Crippen LogP contribution in [0.15, 0.2) is 27.6 Å². The molecule has 6 heteroatoms. The van der Waals surface area contributed by atoms with E-state index in [4.69, 9.17) is 4.74 Å². The summed E-state index contributed by atoms with van der Waals surface area (Å²) in [6.07, 6.45) is 1.72. The van der Waals surface area contributed by atoms with Gasteiger partial charge in [-0.2, -0.15) is 0 Å². The number of halogens is 1. The van der Waals surface area contributed by atoms with Crippen LogP contribution in [0.3, 0.4) is 0 Å². The summed E-state index contributed by atoms with van der Waals surface area (Å²) in [6.45, 7) is 6.85. The molecule has 1 heterocycles. The van der Waals surface area contributed by atoms with Crippen LogP contribution in [-0.4, -0.2) is 29.2 Å². The highest BCUT2D eigenvalue weighted by Crippen LogP contribution is 2.35. The first-order chi connectivity index (χ1) is 10.4. The molecule has 0 saturated carbocycles. The molecule has 4 nitrogen and oxygen atoms in total. The maximum atomic E-state index is 12.4. The van der Waals surface area contributed by atoms with E-state index < -0.39 is 0 Å². The number of hydrogen-bond acceptors (Lipinski definition) is 4. The van der Waals surface area contributed by atoms with Crippen LogP contribution in [0.25, 0.3) is 6.08 Å². The summed E-state index contributed by atoms with van der Waals surface area (Å²) in [7, 11) is 0. The fraction of sp³-hybridized carbons (Fsp3) is 0.375. The number of amides is 2. The normalized spacial score (nSPS) is 17.0. The van der Waals surface area contributed by atoms with Gasteiger partial charge in [0.25, 0.3) is 11.1 Å². The van der Waals surface area contributed by atoms with Gasteiger partial charge in [-0.3, -0.25) is 14.5 Å². The van der Waals surface area contributed by atoms with E-state index in [2.05, 4.69) is 15.9 Å². The molecule has 0 radical (unpaired) electrons. The topological polar surface area (TPSA) is 46.6 Å². The summed E-state index contributed by atoms with van der Waals surface area (Å²) < 4.78 is 6.46. The number of nitrogens with zero attached hydrogens (tertiary/aromatic N) is 1. The van der Waals surface area contributed by atoms with Crippen molar-refractivity contribution in [2.75, 3.05) is 13.2 Å². The monoisotopic (exact) mass is 383 g/mol. The molecule has 1 saturated heterocycles. The van der Waals surface area contributed by atoms with Crippen LogP contribution in [0, 0.1) is 5.92 Å². The van der Waals surface area contributed by atoms with E-state index in [9.17, 15) is 9.59 Å². The zero-order chi connectivity index (χ0) is 16.3. The van der Waals surface area contributed by atoms with Gasteiger partial charge in [-0.25, -0.2) is 0 Å². The van der Waals surface area contributed by atoms with Crippen molar-refractivity contribution >= 4 is 44.9 Å². The molecule has 0 aliphatic carbocycles. The fourth-order valence-corrected chi connectivity index (χ4v) is 3.30. The predicted octanol–water partition coefficient (Wildman–Crippen LogP) is 4.54. The number of carbonyl (C=O) groups is 2.